The molecular formula is C12H19NO4. The van der Waals surface area contributed by atoms with Crippen LogP contribution < -0.4 is 5.32 Å². The van der Waals surface area contributed by atoms with Crippen LogP contribution in [0.2, 0.25) is 0 Å². The van der Waals surface area contributed by atoms with Crippen LogP contribution in [0.1, 0.15) is 38.5 Å². The van der Waals surface area contributed by atoms with Crippen LogP contribution in [0.3, 0.4) is 0 Å². The van der Waals surface area contributed by atoms with Crippen LogP contribution >= 0.6 is 0 Å². The van der Waals surface area contributed by atoms with Gasteiger partial charge < -0.3 is 15.2 Å². The fourth-order valence-corrected chi connectivity index (χ4v) is 2.46. The number of hydrogen-bond donors (Lipinski definition) is 2. The Morgan fingerprint density at radius 3 is 2.59 bits per heavy atom. The van der Waals surface area contributed by atoms with Gasteiger partial charge in [-0.1, -0.05) is 6.42 Å². The standard InChI is InChI=1S/C12H19NO4/c14-10(12(11(15)16)5-2-6-12)13-7-4-9-3-1-8-17-9/h9H,1-8H2,(H,13,14)(H,15,16). The summed E-state index contributed by atoms with van der Waals surface area (Å²) in [5, 5.41) is 11.8. The van der Waals surface area contributed by atoms with Gasteiger partial charge in [-0.25, -0.2) is 0 Å². The van der Waals surface area contributed by atoms with Crippen molar-refractivity contribution in [3.8, 4) is 0 Å². The molecule has 0 aromatic heterocycles. The highest BCUT2D eigenvalue weighted by atomic mass is 16.5. The zero-order chi connectivity index (χ0) is 12.3. The van der Waals surface area contributed by atoms with Gasteiger partial charge >= 0.3 is 5.97 Å². The Labute approximate surface area is 101 Å². The first-order valence-electron chi connectivity index (χ1n) is 6.28. The van der Waals surface area contributed by atoms with Crippen LogP contribution in [-0.2, 0) is 14.3 Å². The fraction of sp³-hybridized carbons (Fsp3) is 0.833. The molecule has 0 aromatic carbocycles. The number of ether oxygens (including phenoxy) is 1. The molecular weight excluding hydrogens is 222 g/mol. The third-order valence-electron chi connectivity index (χ3n) is 3.83. The summed E-state index contributed by atoms with van der Waals surface area (Å²) < 4.78 is 5.44. The highest BCUT2D eigenvalue weighted by Gasteiger charge is 2.50. The van der Waals surface area contributed by atoms with Crippen molar-refractivity contribution in [2.75, 3.05) is 13.2 Å². The smallest absolute Gasteiger partial charge is 0.319 e. The number of carbonyl (C=O) groups is 2. The Morgan fingerprint density at radius 1 is 1.35 bits per heavy atom. The zero-order valence-electron chi connectivity index (χ0n) is 9.91. The summed E-state index contributed by atoms with van der Waals surface area (Å²) in [6, 6.07) is 0. The van der Waals surface area contributed by atoms with Gasteiger partial charge in [0, 0.05) is 13.2 Å². The number of nitrogens with one attached hydrogen (secondary N) is 1. The Bertz CT molecular complexity index is 306. The van der Waals surface area contributed by atoms with Gasteiger partial charge in [0.25, 0.3) is 0 Å². The van der Waals surface area contributed by atoms with Crippen molar-refractivity contribution in [1.29, 1.82) is 0 Å². The second-order valence-electron chi connectivity index (χ2n) is 4.92. The Kier molecular flexibility index (Phi) is 3.66. The summed E-state index contributed by atoms with van der Waals surface area (Å²) in [5.41, 5.74) is -1.14. The topological polar surface area (TPSA) is 75.6 Å². The van der Waals surface area contributed by atoms with Crippen molar-refractivity contribution in [3.63, 3.8) is 0 Å². The molecule has 17 heavy (non-hydrogen) atoms. The van der Waals surface area contributed by atoms with E-state index in [1.165, 1.54) is 0 Å². The van der Waals surface area contributed by atoms with Crippen molar-refractivity contribution in [1.82, 2.24) is 5.32 Å². The molecule has 2 rings (SSSR count). The number of carbonyl (C=O) groups excluding carboxylic acids is 1. The lowest BCUT2D eigenvalue weighted by molar-refractivity contribution is -0.162. The van der Waals surface area contributed by atoms with Crippen LogP contribution in [0.4, 0.5) is 0 Å². The number of amides is 1. The molecule has 96 valence electrons. The second kappa shape index (κ2) is 5.04. The first kappa shape index (κ1) is 12.4. The number of carboxylic acids is 1. The van der Waals surface area contributed by atoms with Crippen molar-refractivity contribution < 1.29 is 19.4 Å². The van der Waals surface area contributed by atoms with Crippen molar-refractivity contribution in [2.24, 2.45) is 5.41 Å². The minimum atomic E-state index is -1.14. The molecule has 1 aliphatic carbocycles. The number of aliphatic carboxylic acids is 1. The summed E-state index contributed by atoms with van der Waals surface area (Å²) >= 11 is 0. The molecule has 1 aliphatic heterocycles. The van der Waals surface area contributed by atoms with Gasteiger partial charge in [0.1, 0.15) is 5.41 Å². The molecule has 0 radical (unpaired) electrons. The van der Waals surface area contributed by atoms with Crippen LogP contribution in [-0.4, -0.2) is 36.2 Å². The molecule has 1 amide bonds. The third kappa shape index (κ3) is 2.44. The largest absolute Gasteiger partial charge is 0.480 e. The predicted octanol–water partition coefficient (Wildman–Crippen LogP) is 0.927. The van der Waals surface area contributed by atoms with Crippen molar-refractivity contribution in [2.45, 2.75) is 44.6 Å². The monoisotopic (exact) mass is 241 g/mol. The van der Waals surface area contributed by atoms with Gasteiger partial charge in [0.2, 0.25) is 5.91 Å². The van der Waals surface area contributed by atoms with E-state index in [4.69, 9.17) is 9.84 Å². The fourth-order valence-electron chi connectivity index (χ4n) is 2.46. The molecule has 2 fully saturated rings. The molecule has 5 heteroatoms. The maximum Gasteiger partial charge on any atom is 0.319 e. The van der Waals surface area contributed by atoms with Gasteiger partial charge in [-0.3, -0.25) is 9.59 Å². The predicted molar refractivity (Wildman–Crippen MR) is 60.5 cm³/mol. The summed E-state index contributed by atoms with van der Waals surface area (Å²) in [5.74, 6) is -1.31. The van der Waals surface area contributed by atoms with Crippen LogP contribution in [0.15, 0.2) is 0 Å². The van der Waals surface area contributed by atoms with E-state index >= 15 is 0 Å². The van der Waals surface area contributed by atoms with Gasteiger partial charge in [0.05, 0.1) is 6.10 Å². The first-order chi connectivity index (χ1) is 8.15. The third-order valence-corrected chi connectivity index (χ3v) is 3.83. The number of rotatable bonds is 5. The second-order valence-corrected chi connectivity index (χ2v) is 4.92. The van der Waals surface area contributed by atoms with Gasteiger partial charge in [0.15, 0.2) is 0 Å². The first-order valence-corrected chi connectivity index (χ1v) is 6.28. The minimum absolute atomic E-state index is 0.234. The maximum absolute atomic E-state index is 11.8. The normalized spacial score (nSPS) is 26.2. The molecule has 1 atom stereocenters. The molecule has 1 saturated heterocycles. The van der Waals surface area contributed by atoms with Crippen molar-refractivity contribution in [3.05, 3.63) is 0 Å². The van der Waals surface area contributed by atoms with E-state index in [2.05, 4.69) is 5.32 Å². The molecule has 5 nitrogen and oxygen atoms in total. The van der Waals surface area contributed by atoms with Gasteiger partial charge in [-0.05, 0) is 32.1 Å². The van der Waals surface area contributed by atoms with Crippen LogP contribution in [0.5, 0.6) is 0 Å². The van der Waals surface area contributed by atoms with Crippen LogP contribution in [0.25, 0.3) is 0 Å². The Morgan fingerprint density at radius 2 is 2.12 bits per heavy atom. The molecule has 1 heterocycles. The van der Waals surface area contributed by atoms with Crippen LogP contribution in [0, 0.1) is 5.41 Å². The molecule has 1 unspecified atom stereocenters. The molecule has 2 aliphatic rings. The lowest BCUT2D eigenvalue weighted by Crippen LogP contribution is -2.51. The molecule has 0 bridgehead atoms. The number of hydrogen-bond acceptors (Lipinski definition) is 3. The lowest BCUT2D eigenvalue weighted by atomic mass is 9.68. The quantitative estimate of drug-likeness (QED) is 0.702. The molecule has 0 aromatic rings. The van der Waals surface area contributed by atoms with E-state index in [9.17, 15) is 9.59 Å². The maximum atomic E-state index is 11.8. The number of carboxylic acid groups (broad SMARTS) is 1. The van der Waals surface area contributed by atoms with E-state index in [1.807, 2.05) is 0 Å². The molecule has 2 N–H and O–H groups in total. The van der Waals surface area contributed by atoms with E-state index in [0.29, 0.717) is 19.4 Å². The summed E-state index contributed by atoms with van der Waals surface area (Å²) in [6.07, 6.45) is 4.89. The van der Waals surface area contributed by atoms with E-state index in [-0.39, 0.29) is 12.0 Å². The molecule has 0 spiro atoms. The Hall–Kier alpha value is -1.10. The highest BCUT2D eigenvalue weighted by molar-refractivity contribution is 6.02. The van der Waals surface area contributed by atoms with E-state index in [1.54, 1.807) is 0 Å². The lowest BCUT2D eigenvalue weighted by Gasteiger charge is -2.35. The summed E-state index contributed by atoms with van der Waals surface area (Å²) in [6.45, 7) is 1.32. The molecule has 1 saturated carbocycles. The van der Waals surface area contributed by atoms with Gasteiger partial charge in [-0.2, -0.15) is 0 Å². The van der Waals surface area contributed by atoms with Gasteiger partial charge in [-0.15, -0.1) is 0 Å². The minimum Gasteiger partial charge on any atom is -0.480 e. The summed E-state index contributed by atoms with van der Waals surface area (Å²) in [7, 11) is 0. The average molecular weight is 241 g/mol. The average Bonchev–Trinajstić information content (AvgIpc) is 2.67. The SMILES string of the molecule is O=C(O)C1(C(=O)NCCC2CCCO2)CCC1. The van der Waals surface area contributed by atoms with E-state index in [0.717, 1.165) is 32.3 Å². The summed E-state index contributed by atoms with van der Waals surface area (Å²) in [4.78, 5) is 22.9. The zero-order valence-corrected chi connectivity index (χ0v) is 9.91. The Balaban J connectivity index is 1.74. The highest BCUT2D eigenvalue weighted by Crippen LogP contribution is 2.41. The van der Waals surface area contributed by atoms with E-state index < -0.39 is 11.4 Å². The van der Waals surface area contributed by atoms with Crippen molar-refractivity contribution >= 4 is 11.9 Å².